The molecular weight excluding hydrogens is 286 g/mol. The van der Waals surface area contributed by atoms with Crippen molar-refractivity contribution in [2.75, 3.05) is 34.4 Å². The summed E-state index contributed by atoms with van der Waals surface area (Å²) in [5.74, 6) is 0.468. The second-order valence-corrected chi connectivity index (χ2v) is 5.21. The Morgan fingerprint density at radius 1 is 1.09 bits per heavy atom. The third-order valence-electron chi connectivity index (χ3n) is 3.84. The van der Waals surface area contributed by atoms with E-state index in [1.165, 1.54) is 21.3 Å². The number of rotatable bonds is 4. The number of likely N-dealkylation sites (tertiary alicyclic amines) is 1. The number of hydrogen-bond acceptors (Lipinski definition) is 5. The van der Waals surface area contributed by atoms with Gasteiger partial charge < -0.3 is 19.1 Å². The molecule has 0 spiro atoms. The van der Waals surface area contributed by atoms with E-state index in [1.54, 1.807) is 23.1 Å². The Kier molecular flexibility index (Phi) is 5.25. The highest BCUT2D eigenvalue weighted by atomic mass is 16.5. The van der Waals surface area contributed by atoms with E-state index in [-0.39, 0.29) is 17.8 Å². The van der Waals surface area contributed by atoms with Gasteiger partial charge in [0.05, 0.1) is 27.2 Å². The summed E-state index contributed by atoms with van der Waals surface area (Å²) in [6.07, 6.45) is 1.53. The number of esters is 1. The van der Waals surface area contributed by atoms with E-state index < -0.39 is 0 Å². The lowest BCUT2D eigenvalue weighted by Crippen LogP contribution is -2.42. The minimum atomic E-state index is -0.263. The minimum Gasteiger partial charge on any atom is -0.497 e. The van der Waals surface area contributed by atoms with Crippen LogP contribution in [-0.2, 0) is 9.53 Å². The van der Waals surface area contributed by atoms with Gasteiger partial charge >= 0.3 is 5.97 Å². The van der Waals surface area contributed by atoms with Crippen LogP contribution in [0.5, 0.6) is 11.5 Å². The Balaban J connectivity index is 2.18. The molecule has 1 fully saturated rings. The molecule has 6 heteroatoms. The maximum absolute atomic E-state index is 12.7. The van der Waals surface area contributed by atoms with E-state index in [9.17, 15) is 9.59 Å². The first-order valence-corrected chi connectivity index (χ1v) is 7.19. The van der Waals surface area contributed by atoms with Gasteiger partial charge in [-0.2, -0.15) is 0 Å². The Morgan fingerprint density at radius 3 is 2.27 bits per heavy atom. The predicted molar refractivity (Wildman–Crippen MR) is 80.2 cm³/mol. The molecule has 1 aromatic carbocycles. The van der Waals surface area contributed by atoms with Crippen molar-refractivity contribution in [1.29, 1.82) is 0 Å². The second-order valence-electron chi connectivity index (χ2n) is 5.21. The van der Waals surface area contributed by atoms with Crippen LogP contribution >= 0.6 is 0 Å². The van der Waals surface area contributed by atoms with Crippen molar-refractivity contribution in [1.82, 2.24) is 4.90 Å². The zero-order valence-electron chi connectivity index (χ0n) is 13.1. The van der Waals surface area contributed by atoms with Gasteiger partial charge in [-0.15, -0.1) is 0 Å². The molecule has 1 aromatic rings. The third kappa shape index (κ3) is 3.50. The predicted octanol–water partition coefficient (Wildman–Crippen LogP) is 1.73. The zero-order valence-corrected chi connectivity index (χ0v) is 13.1. The Labute approximate surface area is 129 Å². The number of methoxy groups -OCH3 is 3. The van der Waals surface area contributed by atoms with Gasteiger partial charge in [0.1, 0.15) is 11.5 Å². The quantitative estimate of drug-likeness (QED) is 0.793. The van der Waals surface area contributed by atoms with Crippen LogP contribution < -0.4 is 9.47 Å². The maximum Gasteiger partial charge on any atom is 0.310 e. The molecule has 0 saturated carbocycles. The summed E-state index contributed by atoms with van der Waals surface area (Å²) in [4.78, 5) is 26.0. The number of hydrogen-bond donors (Lipinski definition) is 0. The number of amides is 1. The summed E-state index contributed by atoms with van der Waals surface area (Å²) in [5, 5.41) is 0. The van der Waals surface area contributed by atoms with E-state index in [0.717, 1.165) is 12.8 Å². The van der Waals surface area contributed by atoms with Crippen LogP contribution in [-0.4, -0.2) is 51.2 Å². The summed E-state index contributed by atoms with van der Waals surface area (Å²) >= 11 is 0. The SMILES string of the molecule is COC(=O)C1CCCN(C(=O)c2cc(OC)cc(OC)c2)C1. The standard InChI is InChI=1S/C16H21NO5/c1-20-13-7-12(8-14(9-13)21-2)15(18)17-6-4-5-11(10-17)16(19)22-3/h7-9,11H,4-6,10H2,1-3H3. The molecule has 120 valence electrons. The molecule has 1 unspecified atom stereocenters. The molecule has 6 nitrogen and oxygen atoms in total. The molecule has 1 aliphatic heterocycles. The third-order valence-corrected chi connectivity index (χ3v) is 3.84. The van der Waals surface area contributed by atoms with Crippen LogP contribution in [0.15, 0.2) is 18.2 Å². The van der Waals surface area contributed by atoms with Crippen molar-refractivity contribution in [3.63, 3.8) is 0 Å². The molecule has 1 atom stereocenters. The average molecular weight is 307 g/mol. The molecule has 0 aromatic heterocycles. The van der Waals surface area contributed by atoms with Crippen molar-refractivity contribution in [2.24, 2.45) is 5.92 Å². The van der Waals surface area contributed by atoms with Crippen LogP contribution in [0.4, 0.5) is 0 Å². The van der Waals surface area contributed by atoms with Crippen LogP contribution in [0, 0.1) is 5.92 Å². The molecule has 1 aliphatic rings. The lowest BCUT2D eigenvalue weighted by molar-refractivity contribution is -0.146. The molecule has 1 amide bonds. The molecular formula is C16H21NO5. The van der Waals surface area contributed by atoms with Gasteiger partial charge in [0, 0.05) is 24.7 Å². The number of ether oxygens (including phenoxy) is 3. The summed E-state index contributed by atoms with van der Waals surface area (Å²) in [5.41, 5.74) is 0.488. The van der Waals surface area contributed by atoms with Crippen molar-refractivity contribution in [3.8, 4) is 11.5 Å². The average Bonchev–Trinajstić information content (AvgIpc) is 2.59. The van der Waals surface area contributed by atoms with Crippen LogP contribution in [0.2, 0.25) is 0 Å². The normalized spacial score (nSPS) is 17.8. The Bertz CT molecular complexity index is 535. The van der Waals surface area contributed by atoms with Gasteiger partial charge in [-0.3, -0.25) is 9.59 Å². The van der Waals surface area contributed by atoms with E-state index in [2.05, 4.69) is 0 Å². The van der Waals surface area contributed by atoms with E-state index in [4.69, 9.17) is 14.2 Å². The number of piperidine rings is 1. The summed E-state index contributed by atoms with van der Waals surface area (Å²) < 4.78 is 15.2. The first-order valence-electron chi connectivity index (χ1n) is 7.19. The number of carbonyl (C=O) groups is 2. The largest absolute Gasteiger partial charge is 0.497 e. The fourth-order valence-electron chi connectivity index (χ4n) is 2.63. The molecule has 0 bridgehead atoms. The van der Waals surface area contributed by atoms with Crippen LogP contribution in [0.25, 0.3) is 0 Å². The van der Waals surface area contributed by atoms with E-state index in [0.29, 0.717) is 30.2 Å². The van der Waals surface area contributed by atoms with Crippen LogP contribution in [0.3, 0.4) is 0 Å². The summed E-state index contributed by atoms with van der Waals surface area (Å²) in [6, 6.07) is 5.06. The highest BCUT2D eigenvalue weighted by Crippen LogP contribution is 2.25. The van der Waals surface area contributed by atoms with Crippen LogP contribution in [0.1, 0.15) is 23.2 Å². The van der Waals surface area contributed by atoms with E-state index in [1.807, 2.05) is 0 Å². The lowest BCUT2D eigenvalue weighted by Gasteiger charge is -2.31. The molecule has 0 N–H and O–H groups in total. The topological polar surface area (TPSA) is 65.1 Å². The fraction of sp³-hybridized carbons (Fsp3) is 0.500. The van der Waals surface area contributed by atoms with Crippen molar-refractivity contribution < 1.29 is 23.8 Å². The first kappa shape index (κ1) is 16.1. The number of nitrogens with zero attached hydrogens (tertiary/aromatic N) is 1. The molecule has 22 heavy (non-hydrogen) atoms. The van der Waals surface area contributed by atoms with Crippen molar-refractivity contribution >= 4 is 11.9 Å². The van der Waals surface area contributed by atoms with E-state index >= 15 is 0 Å². The fourth-order valence-corrected chi connectivity index (χ4v) is 2.63. The number of benzene rings is 1. The molecule has 0 radical (unpaired) electrons. The highest BCUT2D eigenvalue weighted by Gasteiger charge is 2.29. The first-order chi connectivity index (χ1) is 10.6. The van der Waals surface area contributed by atoms with Gasteiger partial charge in [0.15, 0.2) is 0 Å². The van der Waals surface area contributed by atoms with Crippen molar-refractivity contribution in [3.05, 3.63) is 23.8 Å². The monoisotopic (exact) mass is 307 g/mol. The van der Waals surface area contributed by atoms with Gasteiger partial charge in [-0.1, -0.05) is 0 Å². The summed E-state index contributed by atoms with van der Waals surface area (Å²) in [7, 11) is 4.45. The molecule has 2 rings (SSSR count). The molecule has 0 aliphatic carbocycles. The Morgan fingerprint density at radius 2 is 1.73 bits per heavy atom. The smallest absolute Gasteiger partial charge is 0.310 e. The van der Waals surface area contributed by atoms with Crippen molar-refractivity contribution in [2.45, 2.75) is 12.8 Å². The second kappa shape index (κ2) is 7.15. The highest BCUT2D eigenvalue weighted by molar-refractivity contribution is 5.95. The number of carbonyl (C=O) groups excluding carboxylic acids is 2. The van der Waals surface area contributed by atoms with Gasteiger partial charge in [0.25, 0.3) is 5.91 Å². The van der Waals surface area contributed by atoms with Gasteiger partial charge in [0.2, 0.25) is 0 Å². The molecule has 1 heterocycles. The maximum atomic E-state index is 12.7. The zero-order chi connectivity index (χ0) is 16.1. The minimum absolute atomic E-state index is 0.134. The van der Waals surface area contributed by atoms with Gasteiger partial charge in [-0.05, 0) is 25.0 Å². The Hall–Kier alpha value is -2.24. The molecule has 1 saturated heterocycles. The lowest BCUT2D eigenvalue weighted by atomic mass is 9.97. The van der Waals surface area contributed by atoms with Gasteiger partial charge in [-0.25, -0.2) is 0 Å². The summed E-state index contributed by atoms with van der Waals surface area (Å²) in [6.45, 7) is 1.01.